The minimum absolute atomic E-state index is 0.145. The van der Waals surface area contributed by atoms with Crippen LogP contribution < -0.4 is 10.6 Å². The van der Waals surface area contributed by atoms with E-state index in [9.17, 15) is 13.2 Å². The van der Waals surface area contributed by atoms with Crippen molar-refractivity contribution in [3.05, 3.63) is 22.5 Å². The van der Waals surface area contributed by atoms with Crippen molar-refractivity contribution in [1.82, 2.24) is 4.98 Å². The van der Waals surface area contributed by atoms with Gasteiger partial charge < -0.3 is 10.6 Å². The van der Waals surface area contributed by atoms with Gasteiger partial charge in [0.15, 0.2) is 0 Å². The SMILES string of the molecule is NC(=S)C1=CC(CC(F)(F)F)CN(c2cscn2)C1. The number of nitrogens with two attached hydrogens (primary N) is 1. The van der Waals surface area contributed by atoms with Gasteiger partial charge in [0, 0.05) is 30.0 Å². The summed E-state index contributed by atoms with van der Waals surface area (Å²) in [7, 11) is 0. The fourth-order valence-electron chi connectivity index (χ4n) is 2.06. The van der Waals surface area contributed by atoms with E-state index in [0.717, 1.165) is 0 Å². The fourth-order valence-corrected chi connectivity index (χ4v) is 2.75. The lowest BCUT2D eigenvalue weighted by molar-refractivity contribution is -0.140. The number of anilines is 1. The number of hydrogen-bond acceptors (Lipinski definition) is 4. The van der Waals surface area contributed by atoms with Crippen LogP contribution in [0.15, 0.2) is 22.5 Å². The summed E-state index contributed by atoms with van der Waals surface area (Å²) >= 11 is 6.27. The number of alkyl halides is 3. The summed E-state index contributed by atoms with van der Waals surface area (Å²) in [5.74, 6) is 0.0194. The average Bonchev–Trinajstić information content (AvgIpc) is 2.79. The summed E-state index contributed by atoms with van der Waals surface area (Å²) in [5.41, 5.74) is 7.76. The first-order valence-corrected chi connectivity index (χ1v) is 6.90. The van der Waals surface area contributed by atoms with Crippen LogP contribution in [0.4, 0.5) is 19.0 Å². The summed E-state index contributed by atoms with van der Waals surface area (Å²) in [6.07, 6.45) is -3.54. The van der Waals surface area contributed by atoms with Crippen molar-refractivity contribution in [2.75, 3.05) is 18.0 Å². The summed E-state index contributed by atoms with van der Waals surface area (Å²) in [6.45, 7) is 0.683. The molecule has 0 bridgehead atoms. The molecule has 2 N–H and O–H groups in total. The first kappa shape index (κ1) is 14.3. The second kappa shape index (κ2) is 5.46. The van der Waals surface area contributed by atoms with Crippen LogP contribution >= 0.6 is 23.6 Å². The first-order valence-electron chi connectivity index (χ1n) is 5.55. The summed E-state index contributed by atoms with van der Waals surface area (Å²) in [4.78, 5) is 6.04. The van der Waals surface area contributed by atoms with E-state index in [2.05, 4.69) is 4.98 Å². The molecule has 1 aromatic heterocycles. The van der Waals surface area contributed by atoms with Gasteiger partial charge in [-0.2, -0.15) is 13.2 Å². The Morgan fingerprint density at radius 3 is 2.84 bits per heavy atom. The Balaban J connectivity index is 2.19. The highest BCUT2D eigenvalue weighted by atomic mass is 32.1. The molecular weight excluding hydrogens is 295 g/mol. The molecule has 0 aromatic carbocycles. The predicted molar refractivity (Wildman–Crippen MR) is 73.4 cm³/mol. The van der Waals surface area contributed by atoms with E-state index in [4.69, 9.17) is 18.0 Å². The molecule has 1 unspecified atom stereocenters. The second-order valence-electron chi connectivity index (χ2n) is 4.36. The van der Waals surface area contributed by atoms with Crippen molar-refractivity contribution < 1.29 is 13.2 Å². The highest BCUT2D eigenvalue weighted by Gasteiger charge is 2.34. The fraction of sp³-hybridized carbons (Fsp3) is 0.455. The molecule has 3 nitrogen and oxygen atoms in total. The Bertz CT molecular complexity index is 482. The minimum atomic E-state index is -4.20. The van der Waals surface area contributed by atoms with E-state index >= 15 is 0 Å². The molecule has 0 radical (unpaired) electrons. The lowest BCUT2D eigenvalue weighted by atomic mass is 9.96. The maximum absolute atomic E-state index is 12.5. The summed E-state index contributed by atoms with van der Waals surface area (Å²) < 4.78 is 37.5. The molecule has 1 aliphatic heterocycles. The molecule has 104 valence electrons. The van der Waals surface area contributed by atoms with Crippen molar-refractivity contribution in [3.8, 4) is 0 Å². The Morgan fingerprint density at radius 2 is 2.32 bits per heavy atom. The Hall–Kier alpha value is -1.15. The molecule has 0 saturated heterocycles. The van der Waals surface area contributed by atoms with E-state index in [-0.39, 0.29) is 11.5 Å². The summed E-state index contributed by atoms with van der Waals surface area (Å²) in [5, 5.41) is 1.80. The van der Waals surface area contributed by atoms with Crippen molar-refractivity contribution in [3.63, 3.8) is 0 Å². The summed E-state index contributed by atoms with van der Waals surface area (Å²) in [6, 6.07) is 0. The molecular formula is C11H12F3N3S2. The Labute approximate surface area is 117 Å². The first-order chi connectivity index (χ1) is 8.85. The van der Waals surface area contributed by atoms with Crippen LogP contribution in [-0.4, -0.2) is 29.2 Å². The van der Waals surface area contributed by atoms with Crippen molar-refractivity contribution >= 4 is 34.4 Å². The minimum Gasteiger partial charge on any atom is -0.390 e. The monoisotopic (exact) mass is 307 g/mol. The molecule has 0 fully saturated rings. The Kier molecular flexibility index (Phi) is 4.10. The van der Waals surface area contributed by atoms with Crippen LogP contribution in [0.3, 0.4) is 0 Å². The number of hydrogen-bond donors (Lipinski definition) is 1. The zero-order valence-corrected chi connectivity index (χ0v) is 11.5. The predicted octanol–water partition coefficient (Wildman–Crippen LogP) is 2.74. The lowest BCUT2D eigenvalue weighted by Gasteiger charge is -2.32. The molecule has 0 amide bonds. The maximum Gasteiger partial charge on any atom is 0.389 e. The maximum atomic E-state index is 12.5. The Morgan fingerprint density at radius 1 is 1.58 bits per heavy atom. The van der Waals surface area contributed by atoms with Crippen molar-refractivity contribution in [2.45, 2.75) is 12.6 Å². The van der Waals surface area contributed by atoms with Gasteiger partial charge in [0.25, 0.3) is 0 Å². The standard InChI is InChI=1S/C11H12F3N3S2/c12-11(13,14)2-7-1-8(10(15)18)4-17(3-7)9-5-19-6-16-9/h1,5-7H,2-4H2,(H2,15,18). The van der Waals surface area contributed by atoms with Gasteiger partial charge in [-0.1, -0.05) is 18.3 Å². The van der Waals surface area contributed by atoms with Crippen LogP contribution in [0.5, 0.6) is 0 Å². The molecule has 1 atom stereocenters. The third-order valence-corrected chi connectivity index (χ3v) is 3.64. The van der Waals surface area contributed by atoms with Gasteiger partial charge in [0.2, 0.25) is 0 Å². The van der Waals surface area contributed by atoms with Crippen LogP contribution in [0, 0.1) is 5.92 Å². The van der Waals surface area contributed by atoms with E-state index < -0.39 is 18.5 Å². The smallest absolute Gasteiger partial charge is 0.389 e. The number of thiocarbonyl (C=S) groups is 1. The number of aromatic nitrogens is 1. The average molecular weight is 307 g/mol. The number of nitrogens with zero attached hydrogens (tertiary/aromatic N) is 2. The molecule has 0 spiro atoms. The number of thiazole rings is 1. The zero-order chi connectivity index (χ0) is 14.0. The van der Waals surface area contributed by atoms with Crippen LogP contribution in [-0.2, 0) is 0 Å². The van der Waals surface area contributed by atoms with Crippen LogP contribution in [0.1, 0.15) is 6.42 Å². The quantitative estimate of drug-likeness (QED) is 0.872. The van der Waals surface area contributed by atoms with Crippen LogP contribution in [0.2, 0.25) is 0 Å². The van der Waals surface area contributed by atoms with Gasteiger partial charge >= 0.3 is 6.18 Å². The molecule has 2 heterocycles. The van der Waals surface area contributed by atoms with Gasteiger partial charge in [0.1, 0.15) is 10.8 Å². The molecule has 19 heavy (non-hydrogen) atoms. The van der Waals surface area contributed by atoms with E-state index in [0.29, 0.717) is 17.9 Å². The lowest BCUT2D eigenvalue weighted by Crippen LogP contribution is -2.39. The van der Waals surface area contributed by atoms with Gasteiger partial charge in [0.05, 0.1) is 11.9 Å². The normalized spacial score (nSPS) is 20.3. The van der Waals surface area contributed by atoms with Gasteiger partial charge in [-0.05, 0) is 0 Å². The molecule has 0 aliphatic carbocycles. The molecule has 8 heteroatoms. The molecule has 1 aromatic rings. The van der Waals surface area contributed by atoms with E-state index in [1.165, 1.54) is 11.3 Å². The van der Waals surface area contributed by atoms with Crippen molar-refractivity contribution in [1.29, 1.82) is 0 Å². The van der Waals surface area contributed by atoms with Gasteiger partial charge in [-0.3, -0.25) is 0 Å². The third-order valence-electron chi connectivity index (χ3n) is 2.81. The largest absolute Gasteiger partial charge is 0.390 e. The highest BCUT2D eigenvalue weighted by molar-refractivity contribution is 7.80. The molecule has 2 rings (SSSR count). The topological polar surface area (TPSA) is 42.1 Å². The third kappa shape index (κ3) is 3.90. The second-order valence-corrected chi connectivity index (χ2v) is 5.52. The van der Waals surface area contributed by atoms with Crippen molar-refractivity contribution in [2.24, 2.45) is 11.7 Å². The van der Waals surface area contributed by atoms with Gasteiger partial charge in [-0.25, -0.2) is 4.98 Å². The van der Waals surface area contributed by atoms with E-state index in [1.807, 2.05) is 0 Å². The van der Waals surface area contributed by atoms with Crippen LogP contribution in [0.25, 0.3) is 0 Å². The highest BCUT2D eigenvalue weighted by Crippen LogP contribution is 2.30. The number of halogens is 3. The zero-order valence-electron chi connectivity index (χ0n) is 9.85. The van der Waals surface area contributed by atoms with Gasteiger partial charge in [-0.15, -0.1) is 11.3 Å². The molecule has 1 aliphatic rings. The molecule has 0 saturated carbocycles. The number of rotatable bonds is 3. The van der Waals surface area contributed by atoms with E-state index in [1.54, 1.807) is 21.9 Å².